The van der Waals surface area contributed by atoms with Crippen molar-refractivity contribution in [3.8, 4) is 11.5 Å². The molecular weight excluding hydrogens is 298 g/mol. The van der Waals surface area contributed by atoms with E-state index in [9.17, 15) is 0 Å². The van der Waals surface area contributed by atoms with Crippen LogP contribution in [0.3, 0.4) is 0 Å². The summed E-state index contributed by atoms with van der Waals surface area (Å²) in [5.74, 6) is 2.67. The number of oxazole rings is 1. The molecule has 22 heavy (non-hydrogen) atoms. The Labute approximate surface area is 132 Å². The van der Waals surface area contributed by atoms with Crippen LogP contribution in [0, 0.1) is 6.92 Å². The van der Waals surface area contributed by atoms with Gasteiger partial charge in [0.05, 0.1) is 12.2 Å². The Kier molecular flexibility index (Phi) is 3.51. The minimum atomic E-state index is 0.398. The zero-order valence-corrected chi connectivity index (χ0v) is 13.1. The summed E-state index contributed by atoms with van der Waals surface area (Å²) in [5.41, 5.74) is 2.02. The lowest BCUT2D eigenvalue weighted by molar-refractivity contribution is 0.356. The first-order chi connectivity index (χ1) is 10.8. The standard InChI is InChI=1S/C15H17N5OS/c1-10-13(19-15(21-10)11-4-5-22-8-11)6-16-12-2-3-14-17-9-18-20(14)7-12/h4-5,8-9,12,16H,2-3,6-7H2,1H3/t12-/m1/s1. The van der Waals surface area contributed by atoms with Crippen molar-refractivity contribution in [2.75, 3.05) is 0 Å². The van der Waals surface area contributed by atoms with Gasteiger partial charge in [0.1, 0.15) is 17.9 Å². The lowest BCUT2D eigenvalue weighted by atomic mass is 10.1. The highest BCUT2D eigenvalue weighted by atomic mass is 32.1. The fourth-order valence-electron chi connectivity index (χ4n) is 2.75. The monoisotopic (exact) mass is 315 g/mol. The van der Waals surface area contributed by atoms with Gasteiger partial charge in [-0.2, -0.15) is 16.4 Å². The quantitative estimate of drug-likeness (QED) is 0.800. The van der Waals surface area contributed by atoms with Gasteiger partial charge in [-0.25, -0.2) is 14.6 Å². The summed E-state index contributed by atoms with van der Waals surface area (Å²) in [6.07, 6.45) is 3.68. The third-order valence-corrected chi connectivity index (χ3v) is 4.71. The maximum absolute atomic E-state index is 5.77. The molecule has 6 nitrogen and oxygen atoms in total. The van der Waals surface area contributed by atoms with E-state index < -0.39 is 0 Å². The van der Waals surface area contributed by atoms with Gasteiger partial charge < -0.3 is 9.73 Å². The fourth-order valence-corrected chi connectivity index (χ4v) is 3.38. The highest BCUT2D eigenvalue weighted by Gasteiger charge is 2.20. The van der Waals surface area contributed by atoms with Gasteiger partial charge in [-0.05, 0) is 24.8 Å². The number of fused-ring (bicyclic) bond motifs is 1. The molecule has 0 unspecified atom stereocenters. The molecule has 1 aliphatic heterocycles. The molecular formula is C15H17N5OS. The van der Waals surface area contributed by atoms with E-state index in [0.29, 0.717) is 18.5 Å². The molecule has 0 spiro atoms. The van der Waals surface area contributed by atoms with Gasteiger partial charge in [0.25, 0.3) is 0 Å². The first kappa shape index (κ1) is 13.7. The van der Waals surface area contributed by atoms with Crippen molar-refractivity contribution < 1.29 is 4.42 Å². The maximum atomic E-state index is 5.77. The van der Waals surface area contributed by atoms with E-state index in [-0.39, 0.29) is 0 Å². The van der Waals surface area contributed by atoms with Crippen molar-refractivity contribution in [2.24, 2.45) is 0 Å². The van der Waals surface area contributed by atoms with Gasteiger partial charge in [0, 0.05) is 30.0 Å². The Morgan fingerprint density at radius 2 is 2.45 bits per heavy atom. The van der Waals surface area contributed by atoms with Gasteiger partial charge >= 0.3 is 0 Å². The average molecular weight is 315 g/mol. The number of hydrogen-bond donors (Lipinski definition) is 1. The Morgan fingerprint density at radius 1 is 1.50 bits per heavy atom. The van der Waals surface area contributed by atoms with Crippen LogP contribution in [0.2, 0.25) is 0 Å². The number of rotatable bonds is 4. The molecule has 3 aromatic heterocycles. The minimum absolute atomic E-state index is 0.398. The first-order valence-corrected chi connectivity index (χ1v) is 8.33. The summed E-state index contributed by atoms with van der Waals surface area (Å²) < 4.78 is 7.75. The molecule has 1 atom stereocenters. The second kappa shape index (κ2) is 5.66. The van der Waals surface area contributed by atoms with Crippen LogP contribution in [0.5, 0.6) is 0 Å². The Bertz CT molecular complexity index is 761. The molecule has 0 bridgehead atoms. The normalized spacial score (nSPS) is 17.6. The van der Waals surface area contributed by atoms with Crippen LogP contribution in [0.4, 0.5) is 0 Å². The SMILES string of the molecule is Cc1oc(-c2ccsc2)nc1CN[C@@H]1CCc2ncnn2C1. The minimum Gasteiger partial charge on any atom is -0.441 e. The van der Waals surface area contributed by atoms with Gasteiger partial charge in [0.2, 0.25) is 5.89 Å². The van der Waals surface area contributed by atoms with Crippen molar-refractivity contribution in [1.29, 1.82) is 0 Å². The summed E-state index contributed by atoms with van der Waals surface area (Å²) >= 11 is 1.65. The molecule has 0 radical (unpaired) electrons. The van der Waals surface area contributed by atoms with Crippen molar-refractivity contribution in [3.05, 3.63) is 40.4 Å². The van der Waals surface area contributed by atoms with E-state index in [1.807, 2.05) is 23.1 Å². The summed E-state index contributed by atoms with van der Waals surface area (Å²) in [4.78, 5) is 8.87. The second-order valence-corrected chi connectivity index (χ2v) is 6.29. The van der Waals surface area contributed by atoms with Crippen molar-refractivity contribution >= 4 is 11.3 Å². The molecule has 3 aromatic rings. The van der Waals surface area contributed by atoms with Crippen LogP contribution >= 0.6 is 11.3 Å². The van der Waals surface area contributed by atoms with Gasteiger partial charge in [-0.15, -0.1) is 0 Å². The van der Waals surface area contributed by atoms with Gasteiger partial charge in [-0.3, -0.25) is 0 Å². The Morgan fingerprint density at radius 3 is 3.32 bits per heavy atom. The third-order valence-electron chi connectivity index (χ3n) is 4.02. The molecule has 114 valence electrons. The Hall–Kier alpha value is -1.99. The van der Waals surface area contributed by atoms with E-state index in [1.165, 1.54) is 0 Å². The molecule has 0 aliphatic carbocycles. The molecule has 7 heteroatoms. The smallest absolute Gasteiger partial charge is 0.227 e. The van der Waals surface area contributed by atoms with Crippen LogP contribution < -0.4 is 5.32 Å². The largest absolute Gasteiger partial charge is 0.441 e. The number of nitrogens with one attached hydrogen (secondary N) is 1. The number of aromatic nitrogens is 4. The number of hydrogen-bond acceptors (Lipinski definition) is 6. The maximum Gasteiger partial charge on any atom is 0.227 e. The van der Waals surface area contributed by atoms with Gasteiger partial charge in [-0.1, -0.05) is 0 Å². The summed E-state index contributed by atoms with van der Waals surface area (Å²) in [6.45, 7) is 3.55. The summed E-state index contributed by atoms with van der Waals surface area (Å²) in [6, 6.07) is 2.43. The van der Waals surface area contributed by atoms with E-state index in [1.54, 1.807) is 17.7 Å². The van der Waals surface area contributed by atoms with Crippen molar-refractivity contribution in [3.63, 3.8) is 0 Å². The molecule has 1 aliphatic rings. The fraction of sp³-hybridized carbons (Fsp3) is 0.400. The van der Waals surface area contributed by atoms with Crippen molar-refractivity contribution in [2.45, 2.75) is 38.9 Å². The second-order valence-electron chi connectivity index (χ2n) is 5.51. The van der Waals surface area contributed by atoms with E-state index in [2.05, 4.69) is 25.8 Å². The van der Waals surface area contributed by atoms with Crippen LogP contribution in [0.25, 0.3) is 11.5 Å². The molecule has 0 saturated heterocycles. The average Bonchev–Trinajstić information content (AvgIpc) is 3.25. The number of thiophene rings is 1. The first-order valence-electron chi connectivity index (χ1n) is 7.38. The molecule has 0 saturated carbocycles. The molecule has 0 amide bonds. The zero-order chi connectivity index (χ0) is 14.9. The number of aryl methyl sites for hydroxylation is 2. The lowest BCUT2D eigenvalue weighted by Crippen LogP contribution is -2.37. The predicted octanol–water partition coefficient (Wildman–Crippen LogP) is 2.41. The van der Waals surface area contributed by atoms with Crippen LogP contribution in [-0.2, 0) is 19.5 Å². The molecule has 0 aromatic carbocycles. The predicted molar refractivity (Wildman–Crippen MR) is 83.5 cm³/mol. The van der Waals surface area contributed by atoms with Crippen LogP contribution in [-0.4, -0.2) is 25.8 Å². The van der Waals surface area contributed by atoms with E-state index in [0.717, 1.165) is 42.2 Å². The summed E-state index contributed by atoms with van der Waals surface area (Å²) in [7, 11) is 0. The highest BCUT2D eigenvalue weighted by Crippen LogP contribution is 2.24. The highest BCUT2D eigenvalue weighted by molar-refractivity contribution is 7.08. The van der Waals surface area contributed by atoms with Crippen LogP contribution in [0.1, 0.15) is 23.7 Å². The van der Waals surface area contributed by atoms with Gasteiger partial charge in [0.15, 0.2) is 0 Å². The van der Waals surface area contributed by atoms with E-state index in [4.69, 9.17) is 4.42 Å². The molecule has 1 N–H and O–H groups in total. The Balaban J connectivity index is 1.42. The van der Waals surface area contributed by atoms with E-state index >= 15 is 0 Å². The number of nitrogens with zero attached hydrogens (tertiary/aromatic N) is 4. The third kappa shape index (κ3) is 2.57. The summed E-state index contributed by atoms with van der Waals surface area (Å²) in [5, 5.41) is 11.9. The lowest BCUT2D eigenvalue weighted by Gasteiger charge is -2.23. The molecule has 0 fully saturated rings. The molecule has 4 rings (SSSR count). The zero-order valence-electron chi connectivity index (χ0n) is 12.3. The topological polar surface area (TPSA) is 68.8 Å². The van der Waals surface area contributed by atoms with Crippen molar-refractivity contribution in [1.82, 2.24) is 25.1 Å². The van der Waals surface area contributed by atoms with Crippen LogP contribution in [0.15, 0.2) is 27.6 Å². The molecule has 4 heterocycles.